The average molecular weight is 1060 g/mol. The summed E-state index contributed by atoms with van der Waals surface area (Å²) in [6.45, 7) is 6.14. The molecule has 0 rings (SSSR count). The van der Waals surface area contributed by atoms with Crippen molar-refractivity contribution in [2.75, 3.05) is 13.2 Å². The van der Waals surface area contributed by atoms with Crippen LogP contribution in [-0.2, 0) is 28.6 Å². The van der Waals surface area contributed by atoms with Crippen LogP contribution < -0.4 is 0 Å². The molecule has 0 amide bonds. The van der Waals surface area contributed by atoms with Crippen LogP contribution in [0.5, 0.6) is 0 Å². The maximum Gasteiger partial charge on any atom is 0.309 e. The summed E-state index contributed by atoms with van der Waals surface area (Å²) in [4.78, 5) is 38.2. The lowest BCUT2D eigenvalue weighted by molar-refractivity contribution is -0.166. The number of carbonyl (C=O) groups is 3. The topological polar surface area (TPSA) is 78.9 Å². The van der Waals surface area contributed by atoms with E-state index in [0.29, 0.717) is 19.3 Å². The first kappa shape index (κ1) is 71.2. The van der Waals surface area contributed by atoms with Gasteiger partial charge in [0, 0.05) is 12.8 Å². The van der Waals surface area contributed by atoms with Crippen molar-refractivity contribution in [1.82, 2.24) is 0 Å². The molecule has 0 aliphatic carbocycles. The lowest BCUT2D eigenvalue weighted by atomic mass is 10.1. The van der Waals surface area contributed by atoms with Crippen LogP contribution in [-0.4, -0.2) is 37.2 Å². The van der Waals surface area contributed by atoms with Crippen LogP contribution >= 0.6 is 0 Å². The Bertz CT molecular complexity index is 1880. The largest absolute Gasteiger partial charge is 0.462 e. The minimum Gasteiger partial charge on any atom is -0.462 e. The minimum absolute atomic E-state index is 0.104. The van der Waals surface area contributed by atoms with Gasteiger partial charge in [0.25, 0.3) is 0 Å². The first-order valence-electron chi connectivity index (χ1n) is 29.9. The van der Waals surface area contributed by atoms with E-state index in [1.54, 1.807) is 6.08 Å². The van der Waals surface area contributed by atoms with Crippen molar-refractivity contribution >= 4 is 17.9 Å². The molecule has 77 heavy (non-hydrogen) atoms. The second kappa shape index (κ2) is 62.8. The Labute approximate surface area is 471 Å². The van der Waals surface area contributed by atoms with E-state index in [1.165, 1.54) is 19.3 Å². The molecule has 0 saturated heterocycles. The first-order chi connectivity index (χ1) is 38.0. The van der Waals surface area contributed by atoms with Crippen LogP contribution in [0, 0.1) is 0 Å². The summed E-state index contributed by atoms with van der Waals surface area (Å²) < 4.78 is 16.7. The number of allylic oxidation sites excluding steroid dienone is 31. The lowest BCUT2D eigenvalue weighted by Gasteiger charge is -2.18. The van der Waals surface area contributed by atoms with E-state index in [9.17, 15) is 14.4 Å². The maximum atomic E-state index is 12.9. The van der Waals surface area contributed by atoms with E-state index in [-0.39, 0.29) is 38.0 Å². The fourth-order valence-corrected chi connectivity index (χ4v) is 7.25. The van der Waals surface area contributed by atoms with E-state index < -0.39 is 12.1 Å². The molecule has 0 spiro atoms. The van der Waals surface area contributed by atoms with Crippen LogP contribution in [0.4, 0.5) is 0 Å². The quantitative estimate of drug-likeness (QED) is 0.0261. The fourth-order valence-electron chi connectivity index (χ4n) is 7.25. The molecule has 0 bridgehead atoms. The zero-order valence-electron chi connectivity index (χ0n) is 48.6. The molecule has 426 valence electrons. The molecule has 0 aliphatic rings. The van der Waals surface area contributed by atoms with Crippen LogP contribution in [0.2, 0.25) is 0 Å². The summed E-state index contributed by atoms with van der Waals surface area (Å²) in [6.07, 6.45) is 95.9. The molecule has 0 aromatic carbocycles. The summed E-state index contributed by atoms with van der Waals surface area (Å²) in [5.74, 6) is -1.14. The number of hydrogen-bond acceptors (Lipinski definition) is 6. The van der Waals surface area contributed by atoms with Crippen molar-refractivity contribution in [3.63, 3.8) is 0 Å². The van der Waals surface area contributed by atoms with Crippen molar-refractivity contribution in [3.05, 3.63) is 194 Å². The average Bonchev–Trinajstić information content (AvgIpc) is 3.43. The van der Waals surface area contributed by atoms with Gasteiger partial charge in [0.05, 0.1) is 6.42 Å². The van der Waals surface area contributed by atoms with Crippen molar-refractivity contribution in [1.29, 1.82) is 0 Å². The number of unbranched alkanes of at least 4 members (excludes halogenated alkanes) is 9. The fraction of sp³-hybridized carbons (Fsp3) is 0.507. The van der Waals surface area contributed by atoms with Gasteiger partial charge in [0.15, 0.2) is 6.10 Å². The van der Waals surface area contributed by atoms with E-state index in [2.05, 4.69) is 203 Å². The van der Waals surface area contributed by atoms with E-state index in [4.69, 9.17) is 14.2 Å². The van der Waals surface area contributed by atoms with Gasteiger partial charge in [-0.1, -0.05) is 247 Å². The van der Waals surface area contributed by atoms with Gasteiger partial charge in [-0.2, -0.15) is 0 Å². The number of ether oxygens (including phenoxy) is 3. The number of rotatable bonds is 51. The van der Waals surface area contributed by atoms with Crippen LogP contribution in [0.3, 0.4) is 0 Å². The summed E-state index contributed by atoms with van der Waals surface area (Å²) in [5, 5.41) is 0. The van der Waals surface area contributed by atoms with Gasteiger partial charge in [-0.15, -0.1) is 0 Å². The summed E-state index contributed by atoms with van der Waals surface area (Å²) in [6, 6.07) is 0. The second-order valence-corrected chi connectivity index (χ2v) is 18.8. The van der Waals surface area contributed by atoms with Crippen LogP contribution in [0.15, 0.2) is 194 Å². The highest BCUT2D eigenvalue weighted by molar-refractivity contribution is 5.72. The molecule has 1 unspecified atom stereocenters. The van der Waals surface area contributed by atoms with E-state index in [0.717, 1.165) is 141 Å². The molecule has 0 fully saturated rings. The molecule has 0 saturated carbocycles. The van der Waals surface area contributed by atoms with Gasteiger partial charge in [-0.25, -0.2) is 0 Å². The van der Waals surface area contributed by atoms with Gasteiger partial charge in [0.2, 0.25) is 0 Å². The maximum absolute atomic E-state index is 12.9. The Hall–Kier alpha value is -5.75. The van der Waals surface area contributed by atoms with Gasteiger partial charge in [-0.05, 0) is 141 Å². The minimum atomic E-state index is -0.860. The highest BCUT2D eigenvalue weighted by Crippen LogP contribution is 2.12. The third-order valence-electron chi connectivity index (χ3n) is 11.6. The van der Waals surface area contributed by atoms with Crippen molar-refractivity contribution in [2.24, 2.45) is 0 Å². The number of esters is 3. The normalized spacial score (nSPS) is 13.5. The van der Waals surface area contributed by atoms with Crippen molar-refractivity contribution in [3.8, 4) is 0 Å². The Balaban J connectivity index is 4.61. The molecule has 1 atom stereocenters. The van der Waals surface area contributed by atoms with Crippen molar-refractivity contribution < 1.29 is 28.6 Å². The summed E-state index contributed by atoms with van der Waals surface area (Å²) in [5.41, 5.74) is 0. The predicted molar refractivity (Wildman–Crippen MR) is 334 cm³/mol. The smallest absolute Gasteiger partial charge is 0.309 e. The van der Waals surface area contributed by atoms with Gasteiger partial charge in [-0.3, -0.25) is 14.4 Å². The summed E-state index contributed by atoms with van der Waals surface area (Å²) >= 11 is 0. The molecule has 0 aromatic heterocycles. The van der Waals surface area contributed by atoms with E-state index >= 15 is 0 Å². The first-order valence-corrected chi connectivity index (χ1v) is 29.9. The van der Waals surface area contributed by atoms with E-state index in [1.807, 2.05) is 6.08 Å². The standard InChI is InChI=1S/C71H106O6/c1-4-7-10-13-16-19-22-25-28-30-32-34-35-37-38-40-43-46-49-52-55-58-61-64-70(73)76-67-68(66-75-69(72)63-60-57-54-51-48-45-42-27-24-21-18-15-12-9-6-3)77-71(74)65-62-59-56-53-50-47-44-41-39-36-33-31-29-26-23-20-17-14-11-8-5-2/h7-12,16-21,25-29,32-34,36-38,41-42,44,48,50-51,53,57,60,68H,4-6,13-15,22-24,30-31,35,39-40,43,45-47,49,52,54-56,58-59,61-67H2,1-3H3/b10-7-,11-8-,12-9-,19-16-,20-17-,21-18-,28-25-,29-26-,34-32-,36-33-,38-37-,42-27-,44-41-,51-48-,53-50-,60-57-. The Morgan fingerprint density at radius 2 is 0.519 bits per heavy atom. The predicted octanol–water partition coefficient (Wildman–Crippen LogP) is 20.6. The zero-order chi connectivity index (χ0) is 55.7. The third-order valence-corrected chi connectivity index (χ3v) is 11.6. The molecule has 6 nitrogen and oxygen atoms in total. The highest BCUT2D eigenvalue weighted by Gasteiger charge is 2.19. The molecule has 0 N–H and O–H groups in total. The molecule has 0 heterocycles. The Morgan fingerprint density at radius 3 is 0.870 bits per heavy atom. The monoisotopic (exact) mass is 1050 g/mol. The molecule has 0 aromatic rings. The molecule has 0 aliphatic heterocycles. The second-order valence-electron chi connectivity index (χ2n) is 18.8. The zero-order valence-corrected chi connectivity index (χ0v) is 48.6. The Morgan fingerprint density at radius 1 is 0.273 bits per heavy atom. The molecular weight excluding hydrogens is 949 g/mol. The van der Waals surface area contributed by atoms with Crippen LogP contribution in [0.25, 0.3) is 0 Å². The Kier molecular flexibility index (Phi) is 58.1. The summed E-state index contributed by atoms with van der Waals surface area (Å²) in [7, 11) is 0. The molecular formula is C71H106O6. The third kappa shape index (κ3) is 61.0. The van der Waals surface area contributed by atoms with Crippen molar-refractivity contribution in [2.45, 2.75) is 219 Å². The van der Waals surface area contributed by atoms with Gasteiger partial charge in [0.1, 0.15) is 13.2 Å². The SMILES string of the molecule is CC/C=C\C/C=C\C/C=C\C/C=C\C/C=C\C/C=C\CCCCC(=O)OC(COC(=O)C/C=C\C/C=C\C/C=C\C/C=C\C/C=C\CC)COC(=O)CCCCCCCCC/C=C\C/C=C\C/C=C\C/C=C\C/C=C\CC. The number of carbonyl (C=O) groups excluding carboxylic acids is 3. The molecule has 0 radical (unpaired) electrons. The molecule has 6 heteroatoms. The highest BCUT2D eigenvalue weighted by atomic mass is 16.6. The lowest BCUT2D eigenvalue weighted by Crippen LogP contribution is -2.30. The van der Waals surface area contributed by atoms with Crippen LogP contribution in [0.1, 0.15) is 213 Å². The van der Waals surface area contributed by atoms with Gasteiger partial charge >= 0.3 is 17.9 Å². The number of hydrogen-bond donors (Lipinski definition) is 0. The van der Waals surface area contributed by atoms with Gasteiger partial charge < -0.3 is 14.2 Å².